The number of carbonyl (C=O) groups excluding carboxylic acids is 1. The molecule has 0 spiro atoms. The topological polar surface area (TPSA) is 59.2 Å². The number of nitrogens with zero attached hydrogens (tertiary/aromatic N) is 3. The van der Waals surface area contributed by atoms with Gasteiger partial charge in [-0.05, 0) is 55.2 Å². The Morgan fingerprint density at radius 3 is 2.42 bits per heavy atom. The maximum absolute atomic E-state index is 13.1. The number of benzene rings is 3. The quantitative estimate of drug-likeness (QED) is 0.434. The van der Waals surface area contributed by atoms with Crippen LogP contribution in [0.25, 0.3) is 22.6 Å². The molecule has 1 amide bonds. The summed E-state index contributed by atoms with van der Waals surface area (Å²) in [6.45, 7) is 2.69. The van der Waals surface area contributed by atoms with Crippen molar-refractivity contribution in [2.45, 2.75) is 25.8 Å². The molecule has 154 valence electrons. The Morgan fingerprint density at radius 2 is 1.65 bits per heavy atom. The van der Waals surface area contributed by atoms with Crippen LogP contribution >= 0.6 is 0 Å². The normalized spacial score (nSPS) is 15.9. The monoisotopic (exact) mass is 409 g/mol. The number of hydrogen-bond donors (Lipinski definition) is 0. The lowest BCUT2D eigenvalue weighted by Gasteiger charge is -2.22. The number of aromatic nitrogens is 2. The lowest BCUT2D eigenvalue weighted by atomic mass is 10.0. The summed E-state index contributed by atoms with van der Waals surface area (Å²) in [5, 5.41) is 8.55. The highest BCUT2D eigenvalue weighted by atomic mass is 16.4. The zero-order chi connectivity index (χ0) is 21.2. The van der Waals surface area contributed by atoms with Gasteiger partial charge in [0, 0.05) is 17.7 Å². The van der Waals surface area contributed by atoms with E-state index in [9.17, 15) is 4.79 Å². The van der Waals surface area contributed by atoms with Gasteiger partial charge in [-0.2, -0.15) is 0 Å². The van der Waals surface area contributed by atoms with Crippen molar-refractivity contribution in [3.63, 3.8) is 0 Å². The Labute approximate surface area is 181 Å². The van der Waals surface area contributed by atoms with E-state index < -0.39 is 0 Å². The van der Waals surface area contributed by atoms with Gasteiger partial charge in [-0.1, -0.05) is 60.2 Å². The van der Waals surface area contributed by atoms with Gasteiger partial charge in [0.25, 0.3) is 5.91 Å². The van der Waals surface area contributed by atoms with Crippen molar-refractivity contribution >= 4 is 5.91 Å². The molecule has 1 saturated heterocycles. The highest BCUT2D eigenvalue weighted by Gasteiger charge is 2.34. The van der Waals surface area contributed by atoms with Crippen LogP contribution in [0.15, 0.2) is 83.3 Å². The van der Waals surface area contributed by atoms with Gasteiger partial charge in [0.1, 0.15) is 6.04 Å². The predicted octanol–water partition coefficient (Wildman–Crippen LogP) is 5.69. The average molecular weight is 409 g/mol. The van der Waals surface area contributed by atoms with Crippen LogP contribution in [0.5, 0.6) is 0 Å². The minimum Gasteiger partial charge on any atom is -0.418 e. The minimum absolute atomic E-state index is 0.0122. The van der Waals surface area contributed by atoms with Crippen LogP contribution in [-0.4, -0.2) is 27.5 Å². The molecule has 4 aromatic rings. The summed E-state index contributed by atoms with van der Waals surface area (Å²) in [6, 6.07) is 25.8. The Bertz CT molecular complexity index is 1200. The fourth-order valence-corrected chi connectivity index (χ4v) is 4.13. The third kappa shape index (κ3) is 3.87. The smallest absolute Gasteiger partial charge is 0.254 e. The Morgan fingerprint density at radius 1 is 0.903 bits per heavy atom. The highest BCUT2D eigenvalue weighted by Crippen LogP contribution is 2.34. The van der Waals surface area contributed by atoms with Crippen LogP contribution in [0, 0.1) is 6.92 Å². The number of hydrogen-bond acceptors (Lipinski definition) is 4. The molecule has 2 heterocycles. The molecule has 1 aliphatic heterocycles. The van der Waals surface area contributed by atoms with Gasteiger partial charge in [0.15, 0.2) is 0 Å². The van der Waals surface area contributed by atoms with E-state index in [1.807, 2.05) is 66.4 Å². The van der Waals surface area contributed by atoms with Crippen LogP contribution in [-0.2, 0) is 0 Å². The lowest BCUT2D eigenvalue weighted by Crippen LogP contribution is -2.30. The molecule has 1 aromatic heterocycles. The lowest BCUT2D eigenvalue weighted by molar-refractivity contribution is 0.0716. The maximum atomic E-state index is 13.1. The van der Waals surface area contributed by atoms with Gasteiger partial charge in [-0.15, -0.1) is 10.2 Å². The first-order valence-corrected chi connectivity index (χ1v) is 10.6. The van der Waals surface area contributed by atoms with Crippen molar-refractivity contribution in [1.29, 1.82) is 0 Å². The minimum atomic E-state index is -0.183. The van der Waals surface area contributed by atoms with Gasteiger partial charge in [0.2, 0.25) is 11.8 Å². The van der Waals surface area contributed by atoms with Gasteiger partial charge in [0.05, 0.1) is 0 Å². The van der Waals surface area contributed by atoms with Crippen LogP contribution in [0.4, 0.5) is 0 Å². The largest absolute Gasteiger partial charge is 0.418 e. The number of amides is 1. The number of likely N-dealkylation sites (tertiary alicyclic amines) is 1. The van der Waals surface area contributed by atoms with Gasteiger partial charge < -0.3 is 9.32 Å². The third-order valence-corrected chi connectivity index (χ3v) is 5.74. The fraction of sp³-hybridized carbons (Fsp3) is 0.192. The van der Waals surface area contributed by atoms with E-state index in [1.54, 1.807) is 0 Å². The molecule has 5 rings (SSSR count). The molecule has 0 saturated carbocycles. The summed E-state index contributed by atoms with van der Waals surface area (Å²) in [5.41, 5.74) is 4.93. The summed E-state index contributed by atoms with van der Waals surface area (Å²) in [6.07, 6.45) is 1.75. The second-order valence-corrected chi connectivity index (χ2v) is 7.91. The van der Waals surface area contributed by atoms with E-state index in [0.717, 1.165) is 35.1 Å². The fourth-order valence-electron chi connectivity index (χ4n) is 4.13. The van der Waals surface area contributed by atoms with Crippen LogP contribution in [0.1, 0.15) is 40.7 Å². The average Bonchev–Trinajstić information content (AvgIpc) is 3.49. The molecule has 1 aliphatic rings. The second kappa shape index (κ2) is 8.19. The standard InChI is InChI=1S/C26H23N3O2/c1-18-7-5-10-22(17-18)26(30)29-16-6-11-23(29)25-28-27-24(31-25)21-14-12-20(13-15-21)19-8-3-2-4-9-19/h2-5,7-10,12-15,17,23H,6,11,16H2,1H3. The Kier molecular flexibility index (Phi) is 5.08. The maximum Gasteiger partial charge on any atom is 0.254 e. The van der Waals surface area contributed by atoms with Crippen molar-refractivity contribution < 1.29 is 9.21 Å². The van der Waals surface area contributed by atoms with Gasteiger partial charge in [-0.3, -0.25) is 4.79 Å². The summed E-state index contributed by atoms with van der Waals surface area (Å²) in [5.74, 6) is 0.989. The first-order chi connectivity index (χ1) is 15.2. The van der Waals surface area contributed by atoms with Crippen LogP contribution in [0.2, 0.25) is 0 Å². The summed E-state index contributed by atoms with van der Waals surface area (Å²) in [7, 11) is 0. The van der Waals surface area contributed by atoms with Crippen molar-refractivity contribution in [2.75, 3.05) is 6.54 Å². The van der Waals surface area contributed by atoms with Crippen molar-refractivity contribution in [3.05, 3.63) is 95.9 Å². The summed E-state index contributed by atoms with van der Waals surface area (Å²) >= 11 is 0. The molecule has 0 radical (unpaired) electrons. The first kappa shape index (κ1) is 19.2. The third-order valence-electron chi connectivity index (χ3n) is 5.74. The molecule has 5 nitrogen and oxygen atoms in total. The summed E-state index contributed by atoms with van der Waals surface area (Å²) < 4.78 is 6.02. The molecule has 0 aliphatic carbocycles. The van der Waals surface area contributed by atoms with Gasteiger partial charge in [-0.25, -0.2) is 0 Å². The molecule has 1 atom stereocenters. The summed E-state index contributed by atoms with van der Waals surface area (Å²) in [4.78, 5) is 14.9. The zero-order valence-corrected chi connectivity index (χ0v) is 17.4. The van der Waals surface area contributed by atoms with Crippen LogP contribution < -0.4 is 0 Å². The molecule has 3 aromatic carbocycles. The number of carbonyl (C=O) groups is 1. The Hall–Kier alpha value is -3.73. The zero-order valence-electron chi connectivity index (χ0n) is 17.4. The molecule has 1 fully saturated rings. The van der Waals surface area contributed by atoms with Crippen LogP contribution in [0.3, 0.4) is 0 Å². The number of rotatable bonds is 4. The van der Waals surface area contributed by atoms with E-state index in [0.29, 0.717) is 23.9 Å². The molecule has 0 N–H and O–H groups in total. The van der Waals surface area contributed by atoms with E-state index >= 15 is 0 Å². The molecule has 5 heteroatoms. The predicted molar refractivity (Wildman–Crippen MR) is 119 cm³/mol. The SMILES string of the molecule is Cc1cccc(C(=O)N2CCCC2c2nnc(-c3ccc(-c4ccccc4)cc3)o2)c1. The molecule has 0 bridgehead atoms. The van der Waals surface area contributed by atoms with Crippen molar-refractivity contribution in [3.8, 4) is 22.6 Å². The molecular weight excluding hydrogens is 386 g/mol. The van der Waals surface area contributed by atoms with Gasteiger partial charge >= 0.3 is 0 Å². The molecule has 1 unspecified atom stereocenters. The van der Waals surface area contributed by atoms with E-state index in [2.05, 4.69) is 34.5 Å². The van der Waals surface area contributed by atoms with E-state index in [4.69, 9.17) is 4.42 Å². The second-order valence-electron chi connectivity index (χ2n) is 7.91. The molecule has 31 heavy (non-hydrogen) atoms. The van der Waals surface area contributed by atoms with E-state index in [-0.39, 0.29) is 11.9 Å². The highest BCUT2D eigenvalue weighted by molar-refractivity contribution is 5.94. The molecular formula is C26H23N3O2. The van der Waals surface area contributed by atoms with Crippen molar-refractivity contribution in [1.82, 2.24) is 15.1 Å². The first-order valence-electron chi connectivity index (χ1n) is 10.6. The Balaban J connectivity index is 1.37. The number of aryl methyl sites for hydroxylation is 1. The van der Waals surface area contributed by atoms with Crippen molar-refractivity contribution in [2.24, 2.45) is 0 Å². The van der Waals surface area contributed by atoms with E-state index in [1.165, 1.54) is 0 Å².